The van der Waals surface area contributed by atoms with Gasteiger partial charge >= 0.3 is 0 Å². The number of rotatable bonds is 9. The second-order valence-corrected chi connectivity index (χ2v) is 8.85. The highest BCUT2D eigenvalue weighted by molar-refractivity contribution is 5.97. The minimum absolute atomic E-state index is 0.0509. The van der Waals surface area contributed by atoms with E-state index >= 15 is 0 Å². The Balaban J connectivity index is 1.36. The molecule has 1 atom stereocenters. The Morgan fingerprint density at radius 1 is 0.971 bits per heavy atom. The first-order valence-corrected chi connectivity index (χ1v) is 12.3. The standard InChI is InChI=1S/C29H31N3O3/c1-3-21-11-4-6-13-24(21)32-20-22(19-28(32)33)29-30-23-12-5-7-14-25(23)31(29)17-10-18-35-27-16-9-8-15-26(27)34-2/h4-9,11-16,22H,3,10,17-20H2,1-2H3/t22-/m1/s1. The Kier molecular flexibility index (Phi) is 6.70. The molecular weight excluding hydrogens is 438 g/mol. The second-order valence-electron chi connectivity index (χ2n) is 8.85. The molecule has 1 aliphatic rings. The van der Waals surface area contributed by atoms with E-state index in [0.717, 1.165) is 53.4 Å². The van der Waals surface area contributed by atoms with Gasteiger partial charge in [-0.1, -0.05) is 49.4 Å². The predicted molar refractivity (Wildman–Crippen MR) is 138 cm³/mol. The second kappa shape index (κ2) is 10.2. The summed E-state index contributed by atoms with van der Waals surface area (Å²) >= 11 is 0. The third kappa shape index (κ3) is 4.61. The van der Waals surface area contributed by atoms with Crippen LogP contribution >= 0.6 is 0 Å². The number of hydrogen-bond acceptors (Lipinski definition) is 4. The molecule has 6 nitrogen and oxygen atoms in total. The summed E-state index contributed by atoms with van der Waals surface area (Å²) in [6.07, 6.45) is 2.18. The van der Waals surface area contributed by atoms with Gasteiger partial charge in [0.05, 0.1) is 24.8 Å². The van der Waals surface area contributed by atoms with Crippen LogP contribution in [0, 0.1) is 0 Å². The van der Waals surface area contributed by atoms with Gasteiger partial charge in [0, 0.05) is 31.1 Å². The van der Waals surface area contributed by atoms with Crippen LogP contribution in [0.2, 0.25) is 0 Å². The Labute approximate surface area is 206 Å². The zero-order chi connectivity index (χ0) is 24.2. The van der Waals surface area contributed by atoms with Gasteiger partial charge in [-0.3, -0.25) is 4.79 Å². The maximum atomic E-state index is 13.1. The summed E-state index contributed by atoms with van der Waals surface area (Å²) in [6.45, 7) is 4.10. The number of nitrogens with zero attached hydrogens (tertiary/aromatic N) is 3. The fraction of sp³-hybridized carbons (Fsp3) is 0.310. The molecular formula is C29H31N3O3. The normalized spacial score (nSPS) is 15.7. The number of carbonyl (C=O) groups is 1. The maximum Gasteiger partial charge on any atom is 0.227 e. The number of anilines is 1. The quantitative estimate of drug-likeness (QED) is 0.300. The van der Waals surface area contributed by atoms with Crippen LogP contribution in [0.15, 0.2) is 72.8 Å². The van der Waals surface area contributed by atoms with E-state index in [-0.39, 0.29) is 11.8 Å². The first kappa shape index (κ1) is 23.0. The van der Waals surface area contributed by atoms with E-state index in [1.54, 1.807) is 7.11 Å². The molecule has 5 rings (SSSR count). The number of aryl methyl sites for hydroxylation is 2. The number of aromatic nitrogens is 2. The number of benzene rings is 3. The molecule has 0 N–H and O–H groups in total. The van der Waals surface area contributed by atoms with Crippen LogP contribution in [0.25, 0.3) is 11.0 Å². The molecule has 0 saturated carbocycles. The summed E-state index contributed by atoms with van der Waals surface area (Å²) in [5.41, 5.74) is 4.28. The van der Waals surface area contributed by atoms with Crippen molar-refractivity contribution >= 4 is 22.6 Å². The molecule has 35 heavy (non-hydrogen) atoms. The smallest absolute Gasteiger partial charge is 0.227 e. The Morgan fingerprint density at radius 2 is 1.71 bits per heavy atom. The number of para-hydroxylation sites is 5. The molecule has 0 unspecified atom stereocenters. The largest absolute Gasteiger partial charge is 0.493 e. The van der Waals surface area contributed by atoms with Gasteiger partial charge in [0.1, 0.15) is 5.82 Å². The number of carbonyl (C=O) groups excluding carboxylic acids is 1. The minimum Gasteiger partial charge on any atom is -0.493 e. The fourth-order valence-electron chi connectivity index (χ4n) is 4.97. The van der Waals surface area contributed by atoms with Crippen molar-refractivity contribution in [3.63, 3.8) is 0 Å². The van der Waals surface area contributed by atoms with Crippen molar-refractivity contribution in [2.45, 2.75) is 38.6 Å². The minimum atomic E-state index is 0.0509. The van der Waals surface area contributed by atoms with Crippen molar-refractivity contribution in [2.24, 2.45) is 0 Å². The molecule has 2 heterocycles. The van der Waals surface area contributed by atoms with E-state index in [9.17, 15) is 4.79 Å². The molecule has 1 amide bonds. The van der Waals surface area contributed by atoms with E-state index in [4.69, 9.17) is 14.5 Å². The predicted octanol–water partition coefficient (Wildman–Crippen LogP) is 5.60. The van der Waals surface area contributed by atoms with Crippen molar-refractivity contribution in [2.75, 3.05) is 25.2 Å². The molecule has 0 bridgehead atoms. The van der Waals surface area contributed by atoms with E-state index in [1.807, 2.05) is 59.5 Å². The van der Waals surface area contributed by atoms with Crippen molar-refractivity contribution in [3.05, 3.63) is 84.2 Å². The highest BCUT2D eigenvalue weighted by atomic mass is 16.5. The average Bonchev–Trinajstić information content (AvgIpc) is 3.47. The van der Waals surface area contributed by atoms with Crippen molar-refractivity contribution < 1.29 is 14.3 Å². The summed E-state index contributed by atoms with van der Waals surface area (Å²) in [6, 6.07) is 24.1. The molecule has 0 radical (unpaired) electrons. The Bertz CT molecular complexity index is 1330. The van der Waals surface area contributed by atoms with E-state index < -0.39 is 0 Å². The number of methoxy groups -OCH3 is 1. The highest BCUT2D eigenvalue weighted by Gasteiger charge is 2.35. The SMILES string of the molecule is CCc1ccccc1N1C[C@H](c2nc3ccccc3n2CCCOc2ccccc2OC)CC1=O. The first-order chi connectivity index (χ1) is 17.2. The Hall–Kier alpha value is -3.80. The third-order valence-electron chi connectivity index (χ3n) is 6.69. The van der Waals surface area contributed by atoms with Crippen LogP contribution in [0.3, 0.4) is 0 Å². The maximum absolute atomic E-state index is 13.1. The van der Waals surface area contributed by atoms with E-state index in [0.29, 0.717) is 19.6 Å². The highest BCUT2D eigenvalue weighted by Crippen LogP contribution is 2.35. The molecule has 3 aromatic carbocycles. The number of ether oxygens (including phenoxy) is 2. The van der Waals surface area contributed by atoms with Gasteiger partial charge in [0.25, 0.3) is 0 Å². The van der Waals surface area contributed by atoms with Crippen LogP contribution in [0.5, 0.6) is 11.5 Å². The number of amides is 1. The summed E-state index contributed by atoms with van der Waals surface area (Å²) in [5, 5.41) is 0. The molecule has 180 valence electrons. The van der Waals surface area contributed by atoms with Gasteiger partial charge in [-0.15, -0.1) is 0 Å². The summed E-state index contributed by atoms with van der Waals surface area (Å²) in [7, 11) is 1.65. The molecule has 0 aliphatic carbocycles. The molecule has 1 saturated heterocycles. The van der Waals surface area contributed by atoms with Gasteiger partial charge in [0.2, 0.25) is 5.91 Å². The van der Waals surface area contributed by atoms with Gasteiger partial charge in [0.15, 0.2) is 11.5 Å². The van der Waals surface area contributed by atoms with Gasteiger partial charge in [-0.25, -0.2) is 4.98 Å². The van der Waals surface area contributed by atoms with Crippen LogP contribution in [0.1, 0.15) is 37.1 Å². The lowest BCUT2D eigenvalue weighted by atomic mass is 10.1. The number of imidazole rings is 1. The molecule has 6 heteroatoms. The lowest BCUT2D eigenvalue weighted by Gasteiger charge is -2.20. The number of hydrogen-bond donors (Lipinski definition) is 0. The molecule has 1 aromatic heterocycles. The molecule has 1 fully saturated rings. The van der Waals surface area contributed by atoms with Crippen LogP contribution in [0.4, 0.5) is 5.69 Å². The van der Waals surface area contributed by atoms with Gasteiger partial charge in [-0.2, -0.15) is 0 Å². The third-order valence-corrected chi connectivity index (χ3v) is 6.69. The summed E-state index contributed by atoms with van der Waals surface area (Å²) in [5.74, 6) is 2.67. The summed E-state index contributed by atoms with van der Waals surface area (Å²) in [4.78, 5) is 20.0. The van der Waals surface area contributed by atoms with Crippen LogP contribution in [-0.2, 0) is 17.8 Å². The zero-order valence-corrected chi connectivity index (χ0v) is 20.3. The van der Waals surface area contributed by atoms with Gasteiger partial charge < -0.3 is 18.9 Å². The first-order valence-electron chi connectivity index (χ1n) is 12.3. The van der Waals surface area contributed by atoms with Crippen molar-refractivity contribution in [1.29, 1.82) is 0 Å². The average molecular weight is 470 g/mol. The molecule has 4 aromatic rings. The monoisotopic (exact) mass is 469 g/mol. The lowest BCUT2D eigenvalue weighted by molar-refractivity contribution is -0.117. The van der Waals surface area contributed by atoms with E-state index in [2.05, 4.69) is 29.7 Å². The van der Waals surface area contributed by atoms with Crippen molar-refractivity contribution in [3.8, 4) is 11.5 Å². The molecule has 1 aliphatic heterocycles. The van der Waals surface area contributed by atoms with Crippen LogP contribution < -0.4 is 14.4 Å². The summed E-state index contributed by atoms with van der Waals surface area (Å²) < 4.78 is 13.7. The van der Waals surface area contributed by atoms with Crippen molar-refractivity contribution in [1.82, 2.24) is 9.55 Å². The van der Waals surface area contributed by atoms with Gasteiger partial charge in [-0.05, 0) is 48.7 Å². The molecule has 0 spiro atoms. The van der Waals surface area contributed by atoms with E-state index in [1.165, 1.54) is 5.56 Å². The fourth-order valence-corrected chi connectivity index (χ4v) is 4.97. The lowest BCUT2D eigenvalue weighted by Crippen LogP contribution is -2.25. The topological polar surface area (TPSA) is 56.6 Å². The number of fused-ring (bicyclic) bond motifs is 1. The Morgan fingerprint density at radius 3 is 2.54 bits per heavy atom. The van der Waals surface area contributed by atoms with Crippen LogP contribution in [-0.4, -0.2) is 35.7 Å². The zero-order valence-electron chi connectivity index (χ0n) is 20.3.